The quantitative estimate of drug-likeness (QED) is 0.229. The molecule has 0 bridgehead atoms. The van der Waals surface area contributed by atoms with Crippen molar-refractivity contribution in [3.8, 4) is 11.1 Å². The fraction of sp³-hybridized carbons (Fsp3) is 0.405. The largest absolute Gasteiger partial charge is 0.461 e. The Labute approximate surface area is 290 Å². The van der Waals surface area contributed by atoms with E-state index < -0.39 is 12.0 Å². The van der Waals surface area contributed by atoms with E-state index in [1.54, 1.807) is 54.5 Å². The minimum atomic E-state index is -0.779. The maximum atomic E-state index is 13.9. The Hall–Kier alpha value is -3.51. The number of aromatic nitrogens is 1. The maximum absolute atomic E-state index is 13.9. The Bertz CT molecular complexity index is 1580. The molecule has 3 aromatic rings. The van der Waals surface area contributed by atoms with Crippen molar-refractivity contribution in [2.45, 2.75) is 49.1 Å². The highest BCUT2D eigenvalue weighted by Crippen LogP contribution is 2.31. The third kappa shape index (κ3) is 9.78. The first kappa shape index (κ1) is 35.8. The van der Waals surface area contributed by atoms with Crippen LogP contribution < -0.4 is 5.32 Å². The number of benzene rings is 2. The standard InChI is InChI=1S/C37H43FN4O4S2/c1-41-18-14-30(15-19-41)46-36(44)34(16-20-47-3)40-35(43)32-13-7-25(21-33(32)26-8-10-28(38)11-9-26)6-12-29-22-31(24-42(29)2)48-37(45)27-5-4-17-39-23-27/h4-13,17,21,23,29-31,34H,14-16,18-20,22,24H2,1-3H3,(H,40,43)/b12-6+/t29-,31+,34+/m1/s1. The van der Waals surface area contributed by atoms with Crippen LogP contribution in [0.25, 0.3) is 17.2 Å². The van der Waals surface area contributed by atoms with Crippen molar-refractivity contribution in [2.24, 2.45) is 0 Å². The summed E-state index contributed by atoms with van der Waals surface area (Å²) < 4.78 is 19.8. The number of hydrogen-bond donors (Lipinski definition) is 1. The number of thioether (sulfide) groups is 2. The average molecular weight is 691 g/mol. The zero-order valence-electron chi connectivity index (χ0n) is 27.6. The summed E-state index contributed by atoms with van der Waals surface area (Å²) in [5, 5.41) is 3.13. The van der Waals surface area contributed by atoms with Gasteiger partial charge in [0.25, 0.3) is 5.91 Å². The summed E-state index contributed by atoms with van der Waals surface area (Å²) in [6.45, 7) is 2.51. The second-order valence-electron chi connectivity index (χ2n) is 12.4. The van der Waals surface area contributed by atoms with E-state index in [9.17, 15) is 18.8 Å². The van der Waals surface area contributed by atoms with Gasteiger partial charge in [-0.25, -0.2) is 9.18 Å². The highest BCUT2D eigenvalue weighted by molar-refractivity contribution is 8.14. The number of halogens is 1. The normalized spacial score (nSPS) is 19.8. The van der Waals surface area contributed by atoms with Gasteiger partial charge in [0, 0.05) is 54.4 Å². The van der Waals surface area contributed by atoms with Crippen LogP contribution in [0.2, 0.25) is 0 Å². The number of likely N-dealkylation sites (N-methyl/N-ethyl adjacent to an activating group) is 1. The summed E-state index contributed by atoms with van der Waals surface area (Å²) in [5.41, 5.74) is 3.20. The molecule has 0 aliphatic carbocycles. The van der Waals surface area contributed by atoms with Crippen LogP contribution >= 0.6 is 23.5 Å². The minimum absolute atomic E-state index is 0.0229. The number of hydrogen-bond acceptors (Lipinski definition) is 9. The van der Waals surface area contributed by atoms with E-state index in [0.29, 0.717) is 34.4 Å². The van der Waals surface area contributed by atoms with Crippen molar-refractivity contribution in [1.29, 1.82) is 0 Å². The SMILES string of the molecule is CSCC[C@H](NC(=O)c1ccc(/C=C/[C@@H]2C[C@H](SC(=O)c3cccnc3)CN2C)cc1-c1ccc(F)cc1)C(=O)OC1CCN(C)CC1. The van der Waals surface area contributed by atoms with E-state index in [2.05, 4.69) is 33.2 Å². The van der Waals surface area contributed by atoms with E-state index >= 15 is 0 Å². The average Bonchev–Trinajstić information content (AvgIpc) is 3.45. The molecule has 1 amide bonds. The number of nitrogens with one attached hydrogen (secondary N) is 1. The molecule has 0 spiro atoms. The number of rotatable bonds is 12. The van der Waals surface area contributed by atoms with Gasteiger partial charge in [-0.2, -0.15) is 11.8 Å². The van der Waals surface area contributed by atoms with Gasteiger partial charge in [-0.15, -0.1) is 0 Å². The lowest BCUT2D eigenvalue weighted by molar-refractivity contribution is -0.153. The van der Waals surface area contributed by atoms with Gasteiger partial charge >= 0.3 is 5.97 Å². The number of ether oxygens (including phenoxy) is 1. The topological polar surface area (TPSA) is 91.8 Å². The Morgan fingerprint density at radius 3 is 2.58 bits per heavy atom. The van der Waals surface area contributed by atoms with Crippen LogP contribution in [0.4, 0.5) is 4.39 Å². The zero-order chi connectivity index (χ0) is 34.0. The molecule has 2 fully saturated rings. The number of pyridine rings is 1. The van der Waals surface area contributed by atoms with Crippen LogP contribution in [0.3, 0.4) is 0 Å². The fourth-order valence-electron chi connectivity index (χ4n) is 6.02. The van der Waals surface area contributed by atoms with Crippen molar-refractivity contribution in [3.63, 3.8) is 0 Å². The smallest absolute Gasteiger partial charge is 0.328 e. The predicted octanol–water partition coefficient (Wildman–Crippen LogP) is 6.04. The van der Waals surface area contributed by atoms with Crippen molar-refractivity contribution in [2.75, 3.05) is 45.7 Å². The molecule has 11 heteroatoms. The van der Waals surface area contributed by atoms with E-state index in [-0.39, 0.29) is 34.2 Å². The van der Waals surface area contributed by atoms with Crippen LogP contribution in [-0.4, -0.2) is 101 Å². The first-order chi connectivity index (χ1) is 23.2. The third-order valence-electron chi connectivity index (χ3n) is 8.84. The minimum Gasteiger partial charge on any atom is -0.461 e. The molecule has 5 rings (SSSR count). The van der Waals surface area contributed by atoms with Gasteiger partial charge in [0.1, 0.15) is 18.0 Å². The maximum Gasteiger partial charge on any atom is 0.328 e. The highest BCUT2D eigenvalue weighted by atomic mass is 32.2. The summed E-state index contributed by atoms with van der Waals surface area (Å²) in [6.07, 6.45) is 12.0. The van der Waals surface area contributed by atoms with E-state index in [0.717, 1.165) is 44.5 Å². The van der Waals surface area contributed by atoms with E-state index in [4.69, 9.17) is 4.74 Å². The van der Waals surface area contributed by atoms with Crippen LogP contribution in [0.1, 0.15) is 52.0 Å². The van der Waals surface area contributed by atoms with Crippen LogP contribution in [0.15, 0.2) is 73.1 Å². The number of likely N-dealkylation sites (tertiary alicyclic amines) is 2. The fourth-order valence-corrected chi connectivity index (χ4v) is 7.65. The molecule has 8 nitrogen and oxygen atoms in total. The van der Waals surface area contributed by atoms with E-state index in [1.165, 1.54) is 23.9 Å². The van der Waals surface area contributed by atoms with Crippen molar-refractivity contribution >= 4 is 46.6 Å². The Morgan fingerprint density at radius 1 is 1.10 bits per heavy atom. The molecule has 254 valence electrons. The lowest BCUT2D eigenvalue weighted by Crippen LogP contribution is -2.45. The number of amides is 1. The van der Waals surface area contributed by atoms with Gasteiger partial charge in [0.15, 0.2) is 0 Å². The number of piperidine rings is 1. The second-order valence-corrected chi connectivity index (χ2v) is 14.7. The molecule has 1 N–H and O–H groups in total. The Morgan fingerprint density at radius 2 is 1.88 bits per heavy atom. The molecule has 2 saturated heterocycles. The summed E-state index contributed by atoms with van der Waals surface area (Å²) in [4.78, 5) is 48.3. The molecule has 0 saturated carbocycles. The second kappa shape index (κ2) is 17.2. The Kier molecular flexibility index (Phi) is 12.9. The monoisotopic (exact) mass is 690 g/mol. The first-order valence-electron chi connectivity index (χ1n) is 16.3. The van der Waals surface area contributed by atoms with Gasteiger partial charge < -0.3 is 15.0 Å². The van der Waals surface area contributed by atoms with Gasteiger partial charge in [-0.3, -0.25) is 19.5 Å². The number of nitrogens with zero attached hydrogens (tertiary/aromatic N) is 3. The van der Waals surface area contributed by atoms with Crippen LogP contribution in [-0.2, 0) is 9.53 Å². The lowest BCUT2D eigenvalue weighted by atomic mass is 9.96. The van der Waals surface area contributed by atoms with Gasteiger partial charge in [-0.05, 0) is 105 Å². The van der Waals surface area contributed by atoms with E-state index in [1.807, 2.05) is 31.5 Å². The zero-order valence-corrected chi connectivity index (χ0v) is 29.3. The Balaban J connectivity index is 1.31. The molecule has 0 radical (unpaired) electrons. The molecule has 2 aliphatic rings. The summed E-state index contributed by atoms with van der Waals surface area (Å²) >= 11 is 2.96. The summed E-state index contributed by atoms with van der Waals surface area (Å²) in [5.74, 6) is -0.471. The van der Waals surface area contributed by atoms with Crippen LogP contribution in [0, 0.1) is 5.82 Å². The predicted molar refractivity (Wildman–Crippen MR) is 193 cm³/mol. The summed E-state index contributed by atoms with van der Waals surface area (Å²) in [6, 6.07) is 14.5. The number of esters is 1. The number of carbonyl (C=O) groups excluding carboxylic acids is 3. The summed E-state index contributed by atoms with van der Waals surface area (Å²) in [7, 11) is 4.10. The van der Waals surface area contributed by atoms with Crippen molar-refractivity contribution in [1.82, 2.24) is 20.1 Å². The van der Waals surface area contributed by atoms with Gasteiger partial charge in [-0.1, -0.05) is 42.1 Å². The molecular formula is C37H43FN4O4S2. The van der Waals surface area contributed by atoms with Crippen LogP contribution in [0.5, 0.6) is 0 Å². The lowest BCUT2D eigenvalue weighted by Gasteiger charge is -2.30. The van der Waals surface area contributed by atoms with Gasteiger partial charge in [0.2, 0.25) is 5.12 Å². The highest BCUT2D eigenvalue weighted by Gasteiger charge is 2.31. The number of carbonyl (C=O) groups is 3. The molecule has 48 heavy (non-hydrogen) atoms. The molecule has 2 aromatic carbocycles. The first-order valence-corrected chi connectivity index (χ1v) is 18.6. The van der Waals surface area contributed by atoms with Gasteiger partial charge in [0.05, 0.1) is 0 Å². The molecular weight excluding hydrogens is 648 g/mol. The molecule has 3 heterocycles. The molecule has 3 atom stereocenters. The molecule has 1 aromatic heterocycles. The van der Waals surface area contributed by atoms with Crippen molar-refractivity contribution < 1.29 is 23.5 Å². The third-order valence-corrected chi connectivity index (χ3v) is 10.6. The molecule has 2 aliphatic heterocycles. The molecule has 0 unspecified atom stereocenters. The van der Waals surface area contributed by atoms with Crippen molar-refractivity contribution in [3.05, 3.63) is 95.6 Å².